The molecule has 0 saturated carbocycles. The molecule has 0 bridgehead atoms. The van der Waals surface area contributed by atoms with E-state index in [1.807, 2.05) is 0 Å². The molecule has 0 radical (unpaired) electrons. The lowest BCUT2D eigenvalue weighted by atomic mass is 10.0. The van der Waals surface area contributed by atoms with Crippen LogP contribution in [0, 0.1) is 35.9 Å². The fraction of sp³-hybridized carbons (Fsp3) is 0.769. The quantitative estimate of drug-likeness (QED) is 0.120. The van der Waals surface area contributed by atoms with Crippen LogP contribution in [-0.4, -0.2) is 8.07 Å². The zero-order valence-corrected chi connectivity index (χ0v) is 19.2. The van der Waals surface area contributed by atoms with E-state index in [9.17, 15) is 0 Å². The van der Waals surface area contributed by atoms with Crippen molar-refractivity contribution in [1.29, 1.82) is 0 Å². The van der Waals surface area contributed by atoms with Crippen LogP contribution in [0.5, 0.6) is 0 Å². The predicted molar refractivity (Wildman–Crippen MR) is 126 cm³/mol. The van der Waals surface area contributed by atoms with Crippen molar-refractivity contribution in [3.8, 4) is 35.9 Å². The second-order valence-electron chi connectivity index (χ2n) is 8.10. The summed E-state index contributed by atoms with van der Waals surface area (Å²) in [5.41, 5.74) is 8.22. The summed E-state index contributed by atoms with van der Waals surface area (Å²) in [4.78, 5) is 0. The molecule has 0 nitrogen and oxygen atoms in total. The molecule has 0 heterocycles. The Kier molecular flexibility index (Phi) is 18.8. The van der Waals surface area contributed by atoms with Gasteiger partial charge in [0.2, 0.25) is 0 Å². The maximum absolute atomic E-state index is 5.53. The zero-order chi connectivity index (χ0) is 20.1. The average Bonchev–Trinajstić information content (AvgIpc) is 2.70. The van der Waals surface area contributed by atoms with Crippen LogP contribution >= 0.6 is 0 Å². The third-order valence-corrected chi connectivity index (χ3v) is 8.23. The molecule has 0 saturated heterocycles. The van der Waals surface area contributed by atoms with Crippen molar-refractivity contribution >= 4 is 8.07 Å². The molecular weight excluding hydrogens is 340 g/mol. The topological polar surface area (TPSA) is 0 Å². The molecule has 0 atom stereocenters. The Morgan fingerprint density at radius 2 is 0.704 bits per heavy atom. The first-order valence-corrected chi connectivity index (χ1v) is 13.9. The molecule has 0 rings (SSSR count). The molecule has 0 aromatic heterocycles. The van der Waals surface area contributed by atoms with Gasteiger partial charge in [-0.25, -0.2) is 0 Å². The first-order chi connectivity index (χ1) is 13.2. The molecule has 0 aliphatic carbocycles. The summed E-state index contributed by atoms with van der Waals surface area (Å²) < 4.78 is 0. The Morgan fingerprint density at radius 3 is 0.963 bits per heavy atom. The normalized spacial score (nSPS) is 10.9. The summed E-state index contributed by atoms with van der Waals surface area (Å²) in [7, 11) is -2.24. The first-order valence-electron chi connectivity index (χ1n) is 11.7. The van der Waals surface area contributed by atoms with E-state index in [1.54, 1.807) is 0 Å². The Balaban J connectivity index is 3.23. The predicted octanol–water partition coefficient (Wildman–Crippen LogP) is 7.99. The summed E-state index contributed by atoms with van der Waals surface area (Å²) in [6, 6.07) is 0.898. The first kappa shape index (κ1) is 25.9. The third kappa shape index (κ3) is 15.6. The van der Waals surface area contributed by atoms with Crippen LogP contribution in [0.4, 0.5) is 0 Å². The highest BCUT2D eigenvalue weighted by Crippen LogP contribution is 2.16. The van der Waals surface area contributed by atoms with Crippen LogP contribution in [0.1, 0.15) is 122 Å². The molecule has 0 amide bonds. The van der Waals surface area contributed by atoms with E-state index in [4.69, 9.17) is 19.3 Å². The highest BCUT2D eigenvalue weighted by Gasteiger charge is 2.25. The SMILES string of the molecule is C#C[Si](C#C)(C#C)CCCCCCCCCCCCCCCCCCCC. The number of rotatable bonds is 19. The lowest BCUT2D eigenvalue weighted by Gasteiger charge is -2.11. The van der Waals surface area contributed by atoms with E-state index >= 15 is 0 Å². The molecule has 0 aliphatic heterocycles. The summed E-state index contributed by atoms with van der Waals surface area (Å²) >= 11 is 0. The molecule has 0 N–H and O–H groups in total. The third-order valence-electron chi connectivity index (χ3n) is 5.64. The van der Waals surface area contributed by atoms with Gasteiger partial charge >= 0.3 is 0 Å². The molecule has 1 heteroatoms. The van der Waals surface area contributed by atoms with Gasteiger partial charge in [0.1, 0.15) is 0 Å². The Hall–Kier alpha value is -1.10. The van der Waals surface area contributed by atoms with Crippen LogP contribution in [0.3, 0.4) is 0 Å². The Morgan fingerprint density at radius 1 is 0.444 bits per heavy atom. The van der Waals surface area contributed by atoms with Crippen molar-refractivity contribution in [2.24, 2.45) is 0 Å². The zero-order valence-electron chi connectivity index (χ0n) is 18.2. The van der Waals surface area contributed by atoms with Crippen molar-refractivity contribution in [2.45, 2.75) is 129 Å². The fourth-order valence-electron chi connectivity index (χ4n) is 3.63. The van der Waals surface area contributed by atoms with Crippen LogP contribution in [0.25, 0.3) is 0 Å². The highest BCUT2D eigenvalue weighted by atomic mass is 28.3. The molecule has 0 fully saturated rings. The summed E-state index contributed by atoms with van der Waals surface area (Å²) in [5, 5.41) is 0. The van der Waals surface area contributed by atoms with Gasteiger partial charge in [-0.3, -0.25) is 0 Å². The number of terminal acetylenes is 3. The van der Waals surface area contributed by atoms with Crippen molar-refractivity contribution in [2.75, 3.05) is 0 Å². The average molecular weight is 385 g/mol. The molecule has 27 heavy (non-hydrogen) atoms. The van der Waals surface area contributed by atoms with Gasteiger partial charge in [0.05, 0.1) is 0 Å². The monoisotopic (exact) mass is 384 g/mol. The molecule has 0 aromatic rings. The van der Waals surface area contributed by atoms with Crippen LogP contribution < -0.4 is 0 Å². The van der Waals surface area contributed by atoms with Crippen molar-refractivity contribution in [3.63, 3.8) is 0 Å². The maximum Gasteiger partial charge on any atom is 0.289 e. The van der Waals surface area contributed by atoms with Crippen molar-refractivity contribution in [1.82, 2.24) is 0 Å². The van der Waals surface area contributed by atoms with Crippen LogP contribution in [0.2, 0.25) is 6.04 Å². The molecule has 152 valence electrons. The number of hydrogen-bond donors (Lipinski definition) is 0. The van der Waals surface area contributed by atoms with Crippen molar-refractivity contribution < 1.29 is 0 Å². The molecule has 0 unspecified atom stereocenters. The van der Waals surface area contributed by atoms with Crippen LogP contribution in [0.15, 0.2) is 0 Å². The largest absolute Gasteiger partial charge is 0.289 e. The summed E-state index contributed by atoms with van der Waals surface area (Å²) in [6.07, 6.45) is 41.5. The van der Waals surface area contributed by atoms with Gasteiger partial charge in [-0.2, -0.15) is 0 Å². The number of unbranched alkanes of at least 4 members (excludes halogenated alkanes) is 17. The van der Waals surface area contributed by atoms with E-state index in [-0.39, 0.29) is 0 Å². The summed E-state index contributed by atoms with van der Waals surface area (Å²) in [6.45, 7) is 2.29. The standard InChI is InChI=1S/C26H44Si/c1-5-9-10-11-12-13-14-15-16-17-18-19-20-21-22-23-24-25-26-27(6-2,7-3)8-4/h2-4H,5,9-26H2,1H3. The second-order valence-corrected chi connectivity index (χ2v) is 11.3. The van der Waals surface area contributed by atoms with Crippen molar-refractivity contribution in [3.05, 3.63) is 0 Å². The molecule has 0 aromatic carbocycles. The molecule has 0 aliphatic rings. The van der Waals surface area contributed by atoms with Crippen LogP contribution in [-0.2, 0) is 0 Å². The van der Waals surface area contributed by atoms with Gasteiger partial charge < -0.3 is 0 Å². The molecule has 0 spiro atoms. The van der Waals surface area contributed by atoms with E-state index in [1.165, 1.54) is 109 Å². The van der Waals surface area contributed by atoms with Gasteiger partial charge in [-0.1, -0.05) is 122 Å². The van der Waals surface area contributed by atoms with E-state index in [0.29, 0.717) is 0 Å². The summed E-state index contributed by atoms with van der Waals surface area (Å²) in [5.74, 6) is 0. The fourth-order valence-corrected chi connectivity index (χ4v) is 5.10. The number of hydrogen-bond acceptors (Lipinski definition) is 0. The maximum atomic E-state index is 5.53. The van der Waals surface area contributed by atoms with Gasteiger partial charge in [0.15, 0.2) is 0 Å². The minimum atomic E-state index is -2.24. The smallest absolute Gasteiger partial charge is 0.125 e. The van der Waals surface area contributed by atoms with Gasteiger partial charge in [-0.15, -0.1) is 35.9 Å². The van der Waals surface area contributed by atoms with Gasteiger partial charge in [-0.05, 0) is 6.04 Å². The second kappa shape index (κ2) is 19.7. The lowest BCUT2D eigenvalue weighted by Crippen LogP contribution is -2.29. The highest BCUT2D eigenvalue weighted by molar-refractivity contribution is 7.00. The Labute approximate surface area is 172 Å². The van der Waals surface area contributed by atoms with E-state index in [0.717, 1.165) is 12.5 Å². The lowest BCUT2D eigenvalue weighted by molar-refractivity contribution is 0.526. The minimum absolute atomic E-state index is 0.898. The van der Waals surface area contributed by atoms with E-state index < -0.39 is 8.07 Å². The van der Waals surface area contributed by atoms with E-state index in [2.05, 4.69) is 23.6 Å². The van der Waals surface area contributed by atoms with Gasteiger partial charge in [0.25, 0.3) is 8.07 Å². The molecular formula is C26H44Si. The van der Waals surface area contributed by atoms with Gasteiger partial charge in [0, 0.05) is 0 Å². The Bertz CT molecular complexity index is 406. The minimum Gasteiger partial charge on any atom is -0.125 e.